The van der Waals surface area contributed by atoms with Gasteiger partial charge in [-0.2, -0.15) is 0 Å². The number of hydrogen-bond acceptors (Lipinski definition) is 4. The third-order valence-corrected chi connectivity index (χ3v) is 7.92. The van der Waals surface area contributed by atoms with Crippen LogP contribution in [0.1, 0.15) is 42.0 Å². The van der Waals surface area contributed by atoms with Crippen LogP contribution in [0.5, 0.6) is 11.5 Å². The van der Waals surface area contributed by atoms with E-state index in [1.807, 2.05) is 6.07 Å². The first kappa shape index (κ1) is 20.8. The van der Waals surface area contributed by atoms with Crippen molar-refractivity contribution < 1.29 is 14.3 Å². The highest BCUT2D eigenvalue weighted by atomic mass is 16.6. The summed E-state index contributed by atoms with van der Waals surface area (Å²) >= 11 is 0. The van der Waals surface area contributed by atoms with Crippen LogP contribution in [-0.2, 0) is 12.8 Å². The number of likely N-dealkylation sites (tertiary alicyclic amines) is 1. The van der Waals surface area contributed by atoms with Crippen molar-refractivity contribution in [1.29, 1.82) is 0 Å². The summed E-state index contributed by atoms with van der Waals surface area (Å²) < 4.78 is 11.7. The van der Waals surface area contributed by atoms with Crippen LogP contribution in [0.3, 0.4) is 0 Å². The number of amides is 2. The maximum absolute atomic E-state index is 13.2. The van der Waals surface area contributed by atoms with Gasteiger partial charge in [-0.15, -0.1) is 0 Å². The molecular weight excluding hydrogens is 414 g/mol. The predicted octanol–water partition coefficient (Wildman–Crippen LogP) is 3.79. The molecule has 2 fully saturated rings. The van der Waals surface area contributed by atoms with Gasteiger partial charge in [-0.25, -0.2) is 4.79 Å². The zero-order valence-corrected chi connectivity index (χ0v) is 19.2. The molecule has 0 spiro atoms. The molecule has 0 radical (unpaired) electrons. The van der Waals surface area contributed by atoms with Gasteiger partial charge < -0.3 is 19.7 Å². The Hall–Kier alpha value is -2.73. The standard InChI is InChI=1S/C27H33N3O3/c31-27(28-10-8-19-5-2-1-3-6-19)30-11-4-7-21-18-29-12-9-20-15-25-26(33-14-13-32-25)16-22(20)24(29)17-23(21)30/h1-3,5-6,15-16,21,23-24H,4,7-14,17-18H2,(H,28,31)/t21-,23+,24+/m1/s1. The van der Waals surface area contributed by atoms with Crippen molar-refractivity contribution in [3.63, 3.8) is 0 Å². The summed E-state index contributed by atoms with van der Waals surface area (Å²) in [5.74, 6) is 2.33. The van der Waals surface area contributed by atoms with E-state index in [4.69, 9.17) is 9.47 Å². The molecule has 0 saturated carbocycles. The summed E-state index contributed by atoms with van der Waals surface area (Å²) in [5.41, 5.74) is 4.02. The number of ether oxygens (including phenoxy) is 2. The molecule has 2 amide bonds. The largest absolute Gasteiger partial charge is 0.486 e. The quantitative estimate of drug-likeness (QED) is 0.778. The van der Waals surface area contributed by atoms with Crippen LogP contribution in [0.15, 0.2) is 42.5 Å². The Bertz CT molecular complexity index is 1010. The van der Waals surface area contributed by atoms with Gasteiger partial charge >= 0.3 is 6.03 Å². The van der Waals surface area contributed by atoms with E-state index in [0.29, 0.717) is 37.8 Å². The first-order valence-electron chi connectivity index (χ1n) is 12.5. The molecule has 6 nitrogen and oxygen atoms in total. The van der Waals surface area contributed by atoms with Crippen molar-refractivity contribution in [2.24, 2.45) is 5.92 Å². The number of fused-ring (bicyclic) bond motifs is 5. The molecule has 6 heteroatoms. The third kappa shape index (κ3) is 4.05. The van der Waals surface area contributed by atoms with Gasteiger partial charge in [0, 0.05) is 38.3 Å². The number of urea groups is 1. The van der Waals surface area contributed by atoms with Crippen LogP contribution in [0, 0.1) is 5.92 Å². The molecular formula is C27H33N3O3. The second-order valence-electron chi connectivity index (χ2n) is 9.82. The summed E-state index contributed by atoms with van der Waals surface area (Å²) in [5, 5.41) is 3.20. The van der Waals surface area contributed by atoms with Gasteiger partial charge in [0.2, 0.25) is 0 Å². The summed E-state index contributed by atoms with van der Waals surface area (Å²) in [4.78, 5) is 18.0. The Labute approximate surface area is 195 Å². The lowest BCUT2D eigenvalue weighted by molar-refractivity contribution is 0.00556. The maximum Gasteiger partial charge on any atom is 0.317 e. The summed E-state index contributed by atoms with van der Waals surface area (Å²) in [6.07, 6.45) is 5.25. The van der Waals surface area contributed by atoms with Gasteiger partial charge in [0.05, 0.1) is 0 Å². The minimum atomic E-state index is 0.104. The topological polar surface area (TPSA) is 54.0 Å². The number of rotatable bonds is 3. The first-order chi connectivity index (χ1) is 16.3. The van der Waals surface area contributed by atoms with Gasteiger partial charge in [-0.05, 0) is 66.8 Å². The van der Waals surface area contributed by atoms with E-state index in [2.05, 4.69) is 51.5 Å². The molecule has 2 aromatic rings. The number of benzene rings is 2. The molecule has 0 aromatic heterocycles. The van der Waals surface area contributed by atoms with E-state index >= 15 is 0 Å². The first-order valence-corrected chi connectivity index (χ1v) is 12.5. The van der Waals surface area contributed by atoms with Crippen LogP contribution < -0.4 is 14.8 Å². The van der Waals surface area contributed by atoms with Crippen molar-refractivity contribution in [3.8, 4) is 11.5 Å². The fraction of sp³-hybridized carbons (Fsp3) is 0.519. The number of nitrogens with one attached hydrogen (secondary N) is 1. The lowest BCUT2D eigenvalue weighted by atomic mass is 9.76. The Kier molecular flexibility index (Phi) is 5.62. The zero-order chi connectivity index (χ0) is 22.2. The van der Waals surface area contributed by atoms with E-state index in [0.717, 1.165) is 56.8 Å². The van der Waals surface area contributed by atoms with Crippen LogP contribution in [0.25, 0.3) is 0 Å². The lowest BCUT2D eigenvalue weighted by Gasteiger charge is -2.52. The van der Waals surface area contributed by atoms with Gasteiger partial charge in [-0.1, -0.05) is 30.3 Å². The molecule has 0 aliphatic carbocycles. The monoisotopic (exact) mass is 447 g/mol. The molecule has 0 bridgehead atoms. The molecule has 4 aliphatic heterocycles. The molecule has 1 N–H and O–H groups in total. The molecule has 3 atom stereocenters. The second-order valence-corrected chi connectivity index (χ2v) is 9.82. The van der Waals surface area contributed by atoms with Gasteiger partial charge in [-0.3, -0.25) is 4.90 Å². The molecule has 2 aromatic carbocycles. The average Bonchev–Trinajstić information content (AvgIpc) is 2.86. The molecule has 4 aliphatic rings. The fourth-order valence-electron chi connectivity index (χ4n) is 6.30. The van der Waals surface area contributed by atoms with E-state index in [1.165, 1.54) is 23.1 Å². The van der Waals surface area contributed by atoms with Gasteiger partial charge in [0.1, 0.15) is 13.2 Å². The Morgan fingerprint density at radius 3 is 2.73 bits per heavy atom. The second kappa shape index (κ2) is 8.90. The Morgan fingerprint density at radius 2 is 1.88 bits per heavy atom. The lowest BCUT2D eigenvalue weighted by Crippen LogP contribution is -2.59. The van der Waals surface area contributed by atoms with Crippen molar-refractivity contribution in [3.05, 3.63) is 59.2 Å². The fourth-order valence-corrected chi connectivity index (χ4v) is 6.30. The van der Waals surface area contributed by atoms with Crippen LogP contribution in [0.2, 0.25) is 0 Å². The van der Waals surface area contributed by atoms with Crippen molar-refractivity contribution >= 4 is 6.03 Å². The molecule has 33 heavy (non-hydrogen) atoms. The summed E-state index contributed by atoms with van der Waals surface area (Å²) in [6.45, 7) is 4.94. The molecule has 0 unspecified atom stereocenters. The Morgan fingerprint density at radius 1 is 1.06 bits per heavy atom. The minimum absolute atomic E-state index is 0.104. The normalized spacial score (nSPS) is 26.1. The van der Waals surface area contributed by atoms with E-state index in [1.54, 1.807) is 0 Å². The van der Waals surface area contributed by atoms with Crippen LogP contribution >= 0.6 is 0 Å². The zero-order valence-electron chi connectivity index (χ0n) is 19.2. The van der Waals surface area contributed by atoms with Crippen LogP contribution in [0.4, 0.5) is 4.79 Å². The minimum Gasteiger partial charge on any atom is -0.486 e. The summed E-state index contributed by atoms with van der Waals surface area (Å²) in [6, 6.07) is 15.5. The van der Waals surface area contributed by atoms with E-state index in [-0.39, 0.29) is 6.03 Å². The number of nitrogens with zero attached hydrogens (tertiary/aromatic N) is 2. The smallest absolute Gasteiger partial charge is 0.317 e. The predicted molar refractivity (Wildman–Crippen MR) is 127 cm³/mol. The number of piperidine rings is 2. The van der Waals surface area contributed by atoms with Crippen LogP contribution in [-0.4, -0.2) is 61.3 Å². The highest BCUT2D eigenvalue weighted by molar-refractivity contribution is 5.74. The number of carbonyl (C=O) groups is 1. The molecule has 6 rings (SSSR count). The summed E-state index contributed by atoms with van der Waals surface area (Å²) in [7, 11) is 0. The van der Waals surface area contributed by atoms with Crippen molar-refractivity contribution in [2.75, 3.05) is 39.4 Å². The third-order valence-electron chi connectivity index (χ3n) is 7.92. The highest BCUT2D eigenvalue weighted by Crippen LogP contribution is 2.46. The molecule has 4 heterocycles. The van der Waals surface area contributed by atoms with Gasteiger partial charge in [0.15, 0.2) is 11.5 Å². The average molecular weight is 448 g/mol. The van der Waals surface area contributed by atoms with Gasteiger partial charge in [0.25, 0.3) is 0 Å². The molecule has 174 valence electrons. The highest BCUT2D eigenvalue weighted by Gasteiger charge is 2.44. The maximum atomic E-state index is 13.2. The SMILES string of the molecule is O=C(NCCc1ccccc1)N1CCC[C@@H]2CN3CCc4cc5c(cc4[C@@H]3C[C@@H]21)OCCO5. The number of hydrogen-bond donors (Lipinski definition) is 1. The van der Waals surface area contributed by atoms with E-state index in [9.17, 15) is 4.79 Å². The van der Waals surface area contributed by atoms with E-state index < -0.39 is 0 Å². The van der Waals surface area contributed by atoms with Crippen molar-refractivity contribution in [2.45, 2.75) is 44.2 Å². The van der Waals surface area contributed by atoms with Crippen molar-refractivity contribution in [1.82, 2.24) is 15.1 Å². The molecule has 2 saturated heterocycles. The number of carbonyl (C=O) groups excluding carboxylic acids is 1. The Balaban J connectivity index is 1.17.